The Labute approximate surface area is 122 Å². The van der Waals surface area contributed by atoms with E-state index in [1.54, 1.807) is 0 Å². The molecule has 0 saturated heterocycles. The second-order valence-corrected chi connectivity index (χ2v) is 4.77. The predicted molar refractivity (Wildman–Crippen MR) is 80.9 cm³/mol. The van der Waals surface area contributed by atoms with Crippen LogP contribution in [-0.2, 0) is 9.53 Å². The van der Waals surface area contributed by atoms with E-state index in [1.165, 1.54) is 12.5 Å². The van der Waals surface area contributed by atoms with Crippen LogP contribution < -0.4 is 0 Å². The molecule has 19 heavy (non-hydrogen) atoms. The third-order valence-corrected chi connectivity index (χ3v) is 2.94. The van der Waals surface area contributed by atoms with E-state index in [9.17, 15) is 4.79 Å². The Morgan fingerprint density at radius 2 is 1.95 bits per heavy atom. The van der Waals surface area contributed by atoms with E-state index in [0.717, 1.165) is 19.5 Å². The Morgan fingerprint density at radius 1 is 1.32 bits per heavy atom. The molecule has 0 aliphatic carbocycles. The highest BCUT2D eigenvalue weighted by Gasteiger charge is 2.08. The predicted octanol–water partition coefficient (Wildman–Crippen LogP) is 3.10. The lowest BCUT2D eigenvalue weighted by Gasteiger charge is -2.21. The van der Waals surface area contributed by atoms with Gasteiger partial charge >= 0.3 is 5.97 Å². The Bertz CT molecular complexity index is 356. The Morgan fingerprint density at radius 3 is 2.53 bits per heavy atom. The number of carbonyl (C=O) groups is 1. The van der Waals surface area contributed by atoms with Crippen molar-refractivity contribution in [3.63, 3.8) is 0 Å². The number of likely N-dealkylation sites (N-methyl/N-ethyl adjacent to an activating group) is 1. The minimum absolute atomic E-state index is 0. The van der Waals surface area contributed by atoms with Gasteiger partial charge in [0.15, 0.2) is 0 Å². The minimum atomic E-state index is -0.199. The van der Waals surface area contributed by atoms with Gasteiger partial charge in [0.25, 0.3) is 0 Å². The van der Waals surface area contributed by atoms with Gasteiger partial charge in [0.2, 0.25) is 0 Å². The van der Waals surface area contributed by atoms with Crippen molar-refractivity contribution < 1.29 is 9.53 Å². The van der Waals surface area contributed by atoms with E-state index >= 15 is 0 Å². The van der Waals surface area contributed by atoms with Crippen LogP contribution >= 0.6 is 12.4 Å². The van der Waals surface area contributed by atoms with E-state index in [2.05, 4.69) is 43.1 Å². The van der Waals surface area contributed by atoms with Gasteiger partial charge in [-0.3, -0.25) is 4.79 Å². The van der Waals surface area contributed by atoms with Crippen LogP contribution in [0.15, 0.2) is 30.3 Å². The number of benzene rings is 1. The number of ether oxygens (including phenoxy) is 1. The van der Waals surface area contributed by atoms with E-state index in [1.807, 2.05) is 6.07 Å². The summed E-state index contributed by atoms with van der Waals surface area (Å²) in [5.74, 6) is 0.320. The van der Waals surface area contributed by atoms with Crippen LogP contribution in [0.5, 0.6) is 0 Å². The van der Waals surface area contributed by atoms with Crippen molar-refractivity contribution in [2.45, 2.75) is 26.2 Å². The summed E-state index contributed by atoms with van der Waals surface area (Å²) < 4.78 is 4.92. The van der Waals surface area contributed by atoms with Crippen molar-refractivity contribution in [1.29, 1.82) is 0 Å². The highest BCUT2D eigenvalue weighted by molar-refractivity contribution is 5.85. The van der Waals surface area contributed by atoms with Gasteiger partial charge in [-0.25, -0.2) is 0 Å². The number of nitrogens with zero attached hydrogens (tertiary/aromatic N) is 1. The van der Waals surface area contributed by atoms with E-state index in [-0.39, 0.29) is 18.4 Å². The van der Waals surface area contributed by atoms with Gasteiger partial charge in [-0.05, 0) is 24.9 Å². The summed E-state index contributed by atoms with van der Waals surface area (Å²) in [4.78, 5) is 12.9. The molecular formula is C15H24ClNO2. The molecular weight excluding hydrogens is 262 g/mol. The molecule has 0 fully saturated rings. The summed E-state index contributed by atoms with van der Waals surface area (Å²) >= 11 is 0. The van der Waals surface area contributed by atoms with Gasteiger partial charge in [-0.1, -0.05) is 37.3 Å². The molecule has 3 nitrogen and oxygen atoms in total. The Balaban J connectivity index is 0.00000324. The standard InChI is InChI=1S/C15H23NO2.ClH/c1-13(15-8-5-4-6-9-15)12-16(3)10-7-11-18-14(2)17;/h4-6,8-9,13H,7,10-12H2,1-3H3;1H. The number of esters is 1. The number of hydrogen-bond donors (Lipinski definition) is 0. The second-order valence-electron chi connectivity index (χ2n) is 4.77. The van der Waals surface area contributed by atoms with Crippen molar-refractivity contribution in [2.24, 2.45) is 0 Å². The topological polar surface area (TPSA) is 29.5 Å². The molecule has 1 atom stereocenters. The molecule has 0 amide bonds. The van der Waals surface area contributed by atoms with Gasteiger partial charge in [0, 0.05) is 20.0 Å². The smallest absolute Gasteiger partial charge is 0.302 e. The van der Waals surface area contributed by atoms with Gasteiger partial charge < -0.3 is 9.64 Å². The monoisotopic (exact) mass is 285 g/mol. The first-order chi connectivity index (χ1) is 8.59. The average Bonchev–Trinajstić information content (AvgIpc) is 2.35. The van der Waals surface area contributed by atoms with Crippen molar-refractivity contribution in [2.75, 3.05) is 26.7 Å². The summed E-state index contributed by atoms with van der Waals surface area (Å²) in [5.41, 5.74) is 1.37. The van der Waals surface area contributed by atoms with Gasteiger partial charge in [0.1, 0.15) is 0 Å². The normalized spacial score (nSPS) is 11.8. The zero-order chi connectivity index (χ0) is 13.4. The molecule has 0 aliphatic heterocycles. The van der Waals surface area contributed by atoms with E-state index < -0.39 is 0 Å². The average molecular weight is 286 g/mol. The van der Waals surface area contributed by atoms with Crippen LogP contribution in [0.3, 0.4) is 0 Å². The lowest BCUT2D eigenvalue weighted by Crippen LogP contribution is -2.25. The summed E-state index contributed by atoms with van der Waals surface area (Å²) in [5, 5.41) is 0. The fourth-order valence-corrected chi connectivity index (χ4v) is 2.00. The Kier molecular flexibility index (Phi) is 9.27. The molecule has 0 bridgehead atoms. The second kappa shape index (κ2) is 9.82. The summed E-state index contributed by atoms with van der Waals surface area (Å²) in [7, 11) is 2.10. The first-order valence-electron chi connectivity index (χ1n) is 6.46. The van der Waals surface area contributed by atoms with Crippen molar-refractivity contribution >= 4 is 18.4 Å². The van der Waals surface area contributed by atoms with Gasteiger partial charge in [0.05, 0.1) is 6.61 Å². The van der Waals surface area contributed by atoms with E-state index in [4.69, 9.17) is 4.74 Å². The fourth-order valence-electron chi connectivity index (χ4n) is 2.00. The van der Waals surface area contributed by atoms with Crippen molar-refractivity contribution in [1.82, 2.24) is 4.90 Å². The largest absolute Gasteiger partial charge is 0.466 e. The Hall–Kier alpha value is -1.06. The van der Waals surface area contributed by atoms with Crippen LogP contribution in [-0.4, -0.2) is 37.6 Å². The van der Waals surface area contributed by atoms with Gasteiger partial charge in [-0.15, -0.1) is 12.4 Å². The molecule has 4 heteroatoms. The minimum Gasteiger partial charge on any atom is -0.466 e. The van der Waals surface area contributed by atoms with E-state index in [0.29, 0.717) is 12.5 Å². The third-order valence-electron chi connectivity index (χ3n) is 2.94. The molecule has 108 valence electrons. The molecule has 1 unspecified atom stereocenters. The van der Waals surface area contributed by atoms with Crippen LogP contribution in [0.25, 0.3) is 0 Å². The maximum atomic E-state index is 10.6. The molecule has 1 aromatic carbocycles. The van der Waals surface area contributed by atoms with Crippen LogP contribution in [0.4, 0.5) is 0 Å². The molecule has 0 radical (unpaired) electrons. The third kappa shape index (κ3) is 7.85. The highest BCUT2D eigenvalue weighted by atomic mass is 35.5. The number of hydrogen-bond acceptors (Lipinski definition) is 3. The molecule has 1 rings (SSSR count). The summed E-state index contributed by atoms with van der Waals surface area (Å²) in [6.07, 6.45) is 0.886. The number of rotatable bonds is 7. The number of carbonyl (C=O) groups excluding carboxylic acids is 1. The quantitative estimate of drug-likeness (QED) is 0.569. The molecule has 0 spiro atoms. The van der Waals surface area contributed by atoms with Crippen molar-refractivity contribution in [3.8, 4) is 0 Å². The lowest BCUT2D eigenvalue weighted by atomic mass is 10.0. The first-order valence-corrected chi connectivity index (χ1v) is 6.46. The maximum absolute atomic E-state index is 10.6. The SMILES string of the molecule is CC(=O)OCCCN(C)CC(C)c1ccccc1.Cl. The lowest BCUT2D eigenvalue weighted by molar-refractivity contribution is -0.141. The number of halogens is 1. The molecule has 0 saturated carbocycles. The fraction of sp³-hybridized carbons (Fsp3) is 0.533. The van der Waals surface area contributed by atoms with Gasteiger partial charge in [-0.2, -0.15) is 0 Å². The summed E-state index contributed by atoms with van der Waals surface area (Å²) in [6.45, 7) is 6.16. The maximum Gasteiger partial charge on any atom is 0.302 e. The molecule has 0 aromatic heterocycles. The zero-order valence-electron chi connectivity index (χ0n) is 12.0. The van der Waals surface area contributed by atoms with Crippen LogP contribution in [0.2, 0.25) is 0 Å². The molecule has 0 N–H and O–H groups in total. The first kappa shape index (κ1) is 17.9. The molecule has 1 aromatic rings. The zero-order valence-corrected chi connectivity index (χ0v) is 12.8. The molecule has 0 aliphatic rings. The molecule has 0 heterocycles. The van der Waals surface area contributed by atoms with Crippen LogP contribution in [0, 0.1) is 0 Å². The van der Waals surface area contributed by atoms with Crippen LogP contribution in [0.1, 0.15) is 31.7 Å². The summed E-state index contributed by atoms with van der Waals surface area (Å²) in [6, 6.07) is 10.5. The highest BCUT2D eigenvalue weighted by Crippen LogP contribution is 2.15. The van der Waals surface area contributed by atoms with Crippen molar-refractivity contribution in [3.05, 3.63) is 35.9 Å².